The molecule has 0 heterocycles. The molecule has 0 aliphatic heterocycles. The summed E-state index contributed by atoms with van der Waals surface area (Å²) in [6.07, 6.45) is 0. The molecule has 0 amide bonds. The van der Waals surface area contributed by atoms with Gasteiger partial charge in [-0.15, -0.1) is 0 Å². The van der Waals surface area contributed by atoms with Gasteiger partial charge in [-0.25, -0.2) is 0 Å². The summed E-state index contributed by atoms with van der Waals surface area (Å²) in [4.78, 5) is 0. The standard InChI is InChI=1S/C12H10AsFO2/c14-12-8-6-11(7-9-12)13(15,16)10-4-2-1-3-5-10/h1-9H,(H,15,16). The molecule has 0 saturated heterocycles. The fourth-order valence-electron chi connectivity index (χ4n) is 1.42. The van der Waals surface area contributed by atoms with Gasteiger partial charge in [-0.2, -0.15) is 0 Å². The van der Waals surface area contributed by atoms with Crippen molar-refractivity contribution in [3.8, 4) is 0 Å². The summed E-state index contributed by atoms with van der Waals surface area (Å²) in [6.45, 7) is 0. The minimum atomic E-state index is -4.26. The van der Waals surface area contributed by atoms with Crippen LogP contribution in [0, 0.1) is 5.82 Å². The molecule has 0 aromatic heterocycles. The second-order valence-corrected chi connectivity index (χ2v) is 7.97. The van der Waals surface area contributed by atoms with E-state index in [1.165, 1.54) is 24.3 Å². The zero-order chi connectivity index (χ0) is 11.6. The summed E-state index contributed by atoms with van der Waals surface area (Å²) in [5.74, 6) is -0.410. The number of hydrogen-bond acceptors (Lipinski definition) is 1. The van der Waals surface area contributed by atoms with Crippen LogP contribution < -0.4 is 8.70 Å². The van der Waals surface area contributed by atoms with Gasteiger partial charge in [0.05, 0.1) is 0 Å². The Kier molecular flexibility index (Phi) is 2.99. The van der Waals surface area contributed by atoms with Crippen molar-refractivity contribution in [2.45, 2.75) is 0 Å². The minimum absolute atomic E-state index is 0.297. The van der Waals surface area contributed by atoms with Crippen molar-refractivity contribution in [3.05, 3.63) is 60.4 Å². The van der Waals surface area contributed by atoms with Crippen LogP contribution in [0.3, 0.4) is 0 Å². The van der Waals surface area contributed by atoms with Crippen molar-refractivity contribution < 1.29 is 12.2 Å². The van der Waals surface area contributed by atoms with Crippen LogP contribution >= 0.6 is 0 Å². The molecule has 16 heavy (non-hydrogen) atoms. The van der Waals surface area contributed by atoms with Crippen molar-refractivity contribution in [1.82, 2.24) is 0 Å². The average Bonchev–Trinajstić information content (AvgIpc) is 2.31. The summed E-state index contributed by atoms with van der Waals surface area (Å²) >= 11 is -4.26. The van der Waals surface area contributed by atoms with Crippen molar-refractivity contribution >= 4 is 22.5 Å². The fraction of sp³-hybridized carbons (Fsp3) is 0. The first-order chi connectivity index (χ1) is 7.60. The van der Waals surface area contributed by atoms with Crippen LogP contribution in [0.2, 0.25) is 0 Å². The normalized spacial score (nSPS) is 14.4. The molecule has 0 aliphatic rings. The first-order valence-electron chi connectivity index (χ1n) is 4.75. The molecule has 0 fully saturated rings. The number of benzene rings is 2. The van der Waals surface area contributed by atoms with E-state index in [2.05, 4.69) is 0 Å². The predicted octanol–water partition coefficient (Wildman–Crippen LogP) is 0.805. The third kappa shape index (κ3) is 2.11. The maximum absolute atomic E-state index is 12.7. The summed E-state index contributed by atoms with van der Waals surface area (Å²) in [5.41, 5.74) is 0. The van der Waals surface area contributed by atoms with Crippen LogP contribution in [0.4, 0.5) is 4.39 Å². The van der Waals surface area contributed by atoms with Gasteiger partial charge in [0.15, 0.2) is 0 Å². The van der Waals surface area contributed by atoms with E-state index in [9.17, 15) is 12.2 Å². The molecule has 2 aromatic carbocycles. The molecular formula is C12H10AsFO2. The molecule has 2 rings (SSSR count). The number of rotatable bonds is 2. The van der Waals surface area contributed by atoms with E-state index in [4.69, 9.17) is 0 Å². The SMILES string of the molecule is O=[As](O)(c1ccccc1)c1ccc(F)cc1. The third-order valence-corrected chi connectivity index (χ3v) is 6.47. The zero-order valence-electron chi connectivity index (χ0n) is 8.38. The van der Waals surface area contributed by atoms with E-state index in [1.54, 1.807) is 30.3 Å². The van der Waals surface area contributed by atoms with E-state index < -0.39 is 19.6 Å². The quantitative estimate of drug-likeness (QED) is 0.826. The summed E-state index contributed by atoms with van der Waals surface area (Å²) in [7, 11) is 0. The Morgan fingerprint density at radius 3 is 1.94 bits per heavy atom. The topological polar surface area (TPSA) is 37.3 Å². The first-order valence-corrected chi connectivity index (χ1v) is 8.23. The van der Waals surface area contributed by atoms with Gasteiger partial charge in [-0.05, 0) is 0 Å². The van der Waals surface area contributed by atoms with E-state index in [0.29, 0.717) is 8.70 Å². The van der Waals surface area contributed by atoms with E-state index in [0.717, 1.165) is 0 Å². The molecule has 2 nitrogen and oxygen atoms in total. The van der Waals surface area contributed by atoms with Crippen LogP contribution in [-0.4, -0.2) is 17.9 Å². The second kappa shape index (κ2) is 4.28. The molecular weight excluding hydrogens is 270 g/mol. The van der Waals surface area contributed by atoms with Crippen molar-refractivity contribution in [1.29, 1.82) is 0 Å². The number of halogens is 1. The Hall–Kier alpha value is -1.31. The molecule has 0 bridgehead atoms. The monoisotopic (exact) mass is 280 g/mol. The van der Waals surface area contributed by atoms with E-state index >= 15 is 0 Å². The molecule has 1 unspecified atom stereocenters. The van der Waals surface area contributed by atoms with Gasteiger partial charge in [0.25, 0.3) is 0 Å². The van der Waals surface area contributed by atoms with E-state index in [1.807, 2.05) is 0 Å². The Morgan fingerprint density at radius 2 is 1.38 bits per heavy atom. The molecule has 0 saturated carbocycles. The van der Waals surface area contributed by atoms with E-state index in [-0.39, 0.29) is 0 Å². The van der Waals surface area contributed by atoms with Gasteiger partial charge in [-0.1, -0.05) is 0 Å². The van der Waals surface area contributed by atoms with Gasteiger partial charge >= 0.3 is 95.2 Å². The predicted molar refractivity (Wildman–Crippen MR) is 60.8 cm³/mol. The number of hydrogen-bond donors (Lipinski definition) is 1. The second-order valence-electron chi connectivity index (χ2n) is 3.39. The Labute approximate surface area is 95.4 Å². The van der Waals surface area contributed by atoms with Crippen molar-refractivity contribution in [2.75, 3.05) is 0 Å². The van der Waals surface area contributed by atoms with Crippen LogP contribution in [0.25, 0.3) is 0 Å². The zero-order valence-corrected chi connectivity index (χ0v) is 10.3. The fourth-order valence-corrected chi connectivity index (χ4v) is 4.42. The van der Waals surface area contributed by atoms with Crippen LogP contribution in [-0.2, 0) is 3.74 Å². The van der Waals surface area contributed by atoms with Gasteiger partial charge in [0.1, 0.15) is 0 Å². The molecule has 4 heteroatoms. The molecule has 1 N–H and O–H groups in total. The molecule has 2 aromatic rings. The van der Waals surface area contributed by atoms with Crippen molar-refractivity contribution in [3.63, 3.8) is 0 Å². The first kappa shape index (κ1) is 11.2. The Bertz CT molecular complexity index is 522. The third-order valence-electron chi connectivity index (χ3n) is 2.28. The van der Waals surface area contributed by atoms with Crippen LogP contribution in [0.15, 0.2) is 54.6 Å². The van der Waals surface area contributed by atoms with Gasteiger partial charge < -0.3 is 0 Å². The molecule has 0 spiro atoms. The maximum atomic E-state index is 12.7. The average molecular weight is 280 g/mol. The van der Waals surface area contributed by atoms with Crippen LogP contribution in [0.5, 0.6) is 0 Å². The Balaban J connectivity index is 2.47. The summed E-state index contributed by atoms with van der Waals surface area (Å²) in [5, 5.41) is 0. The molecule has 1 atom stereocenters. The molecule has 0 aliphatic carbocycles. The van der Waals surface area contributed by atoms with Crippen molar-refractivity contribution in [2.24, 2.45) is 0 Å². The molecule has 0 radical (unpaired) electrons. The Morgan fingerprint density at radius 1 is 0.875 bits per heavy atom. The van der Waals surface area contributed by atoms with Gasteiger partial charge in [0, 0.05) is 0 Å². The molecule has 82 valence electrons. The summed E-state index contributed by atoms with van der Waals surface area (Å²) < 4.78 is 35.7. The van der Waals surface area contributed by atoms with Gasteiger partial charge in [-0.3, -0.25) is 0 Å². The summed E-state index contributed by atoms with van der Waals surface area (Å²) in [6, 6.07) is 13.6. The van der Waals surface area contributed by atoms with Crippen LogP contribution in [0.1, 0.15) is 0 Å². The van der Waals surface area contributed by atoms with Gasteiger partial charge in [0.2, 0.25) is 0 Å².